The molecule has 7 nitrogen and oxygen atoms in total. The lowest BCUT2D eigenvalue weighted by atomic mass is 10.0. The fourth-order valence-electron chi connectivity index (χ4n) is 4.26. The van der Waals surface area contributed by atoms with Crippen molar-refractivity contribution in [1.82, 2.24) is 8.87 Å². The molecule has 2 heterocycles. The number of benzene rings is 2. The van der Waals surface area contributed by atoms with Gasteiger partial charge >= 0.3 is 10.2 Å². The van der Waals surface area contributed by atoms with Gasteiger partial charge in [-0.25, -0.2) is 0 Å². The van der Waals surface area contributed by atoms with Crippen LogP contribution in [0, 0.1) is 11.3 Å². The molecule has 0 spiro atoms. The first-order valence-electron chi connectivity index (χ1n) is 10.4. The molecule has 162 valence electrons. The summed E-state index contributed by atoms with van der Waals surface area (Å²) in [6, 6.07) is 15.5. The highest BCUT2D eigenvalue weighted by Gasteiger charge is 2.25. The van der Waals surface area contributed by atoms with Crippen molar-refractivity contribution in [3.8, 4) is 11.8 Å². The molecular formula is C23H26N4O3S. The second-order valence-electron chi connectivity index (χ2n) is 7.65. The highest BCUT2D eigenvalue weighted by Crippen LogP contribution is 2.31. The van der Waals surface area contributed by atoms with Crippen LogP contribution in [-0.2, 0) is 23.2 Å². The van der Waals surface area contributed by atoms with E-state index >= 15 is 0 Å². The van der Waals surface area contributed by atoms with Crippen molar-refractivity contribution in [3.05, 3.63) is 59.3 Å². The van der Waals surface area contributed by atoms with E-state index in [-0.39, 0.29) is 0 Å². The minimum absolute atomic E-state index is 0.521. The average Bonchev–Trinajstić information content (AvgIpc) is 3.40. The molecule has 0 atom stereocenters. The summed E-state index contributed by atoms with van der Waals surface area (Å²) in [5, 5.41) is 10.8. The summed E-state index contributed by atoms with van der Waals surface area (Å²) < 4.78 is 36.9. The Labute approximate surface area is 183 Å². The minimum atomic E-state index is -3.54. The first-order valence-corrected chi connectivity index (χ1v) is 11.9. The van der Waals surface area contributed by atoms with Gasteiger partial charge in [-0.1, -0.05) is 12.1 Å². The van der Waals surface area contributed by atoms with Crippen LogP contribution in [0.5, 0.6) is 5.75 Å². The molecular weight excluding hydrogens is 412 g/mol. The Hall–Kier alpha value is -3.02. The van der Waals surface area contributed by atoms with Gasteiger partial charge in [0, 0.05) is 43.2 Å². The van der Waals surface area contributed by atoms with Crippen molar-refractivity contribution in [2.45, 2.75) is 32.7 Å². The summed E-state index contributed by atoms with van der Waals surface area (Å²) in [5.41, 5.74) is 3.97. The number of aromatic nitrogens is 1. The van der Waals surface area contributed by atoms with Crippen LogP contribution >= 0.6 is 0 Å². The molecule has 1 N–H and O–H groups in total. The molecule has 0 amide bonds. The summed E-state index contributed by atoms with van der Waals surface area (Å²) in [5.74, 6) is 0.744. The van der Waals surface area contributed by atoms with Gasteiger partial charge in [-0.15, -0.1) is 0 Å². The second kappa shape index (κ2) is 8.61. The molecule has 1 fully saturated rings. The molecule has 1 saturated heterocycles. The number of hydrogen-bond donors (Lipinski definition) is 1. The van der Waals surface area contributed by atoms with E-state index in [1.165, 1.54) is 4.31 Å². The van der Waals surface area contributed by atoms with Crippen molar-refractivity contribution in [3.63, 3.8) is 0 Å². The van der Waals surface area contributed by atoms with Crippen LogP contribution in [0.4, 0.5) is 5.69 Å². The van der Waals surface area contributed by atoms with Crippen LogP contribution in [0.2, 0.25) is 0 Å². The van der Waals surface area contributed by atoms with Crippen molar-refractivity contribution in [1.29, 1.82) is 5.26 Å². The van der Waals surface area contributed by atoms with Gasteiger partial charge in [0.05, 0.1) is 23.9 Å². The van der Waals surface area contributed by atoms with E-state index in [1.54, 1.807) is 13.2 Å². The van der Waals surface area contributed by atoms with Gasteiger partial charge in [-0.3, -0.25) is 4.72 Å². The molecule has 1 aliphatic rings. The van der Waals surface area contributed by atoms with Gasteiger partial charge in [0.2, 0.25) is 0 Å². The van der Waals surface area contributed by atoms with E-state index in [2.05, 4.69) is 15.4 Å². The predicted octanol–water partition coefficient (Wildman–Crippen LogP) is 3.88. The first-order chi connectivity index (χ1) is 15.0. The topological polar surface area (TPSA) is 87.4 Å². The Balaban J connectivity index is 1.68. The number of nitrogens with zero attached hydrogens (tertiary/aromatic N) is 3. The average molecular weight is 439 g/mol. The Morgan fingerprint density at radius 1 is 1.16 bits per heavy atom. The summed E-state index contributed by atoms with van der Waals surface area (Å²) in [6.07, 6.45) is 2.31. The van der Waals surface area contributed by atoms with Crippen LogP contribution < -0.4 is 9.46 Å². The maximum absolute atomic E-state index is 12.6. The Kier molecular flexibility index (Phi) is 5.90. The number of rotatable bonds is 7. The molecule has 0 bridgehead atoms. The number of hydrogen-bond acceptors (Lipinski definition) is 4. The third kappa shape index (κ3) is 4.11. The normalized spacial score (nSPS) is 14.6. The monoisotopic (exact) mass is 438 g/mol. The quantitative estimate of drug-likeness (QED) is 0.606. The molecule has 3 aromatic rings. The lowest BCUT2D eigenvalue weighted by molar-refractivity contribution is 0.415. The van der Waals surface area contributed by atoms with Crippen molar-refractivity contribution >= 4 is 26.8 Å². The molecule has 2 aromatic carbocycles. The van der Waals surface area contributed by atoms with Crippen LogP contribution in [0.15, 0.2) is 42.5 Å². The van der Waals surface area contributed by atoms with Crippen molar-refractivity contribution < 1.29 is 13.2 Å². The van der Waals surface area contributed by atoms with E-state index in [4.69, 9.17) is 4.74 Å². The Bertz CT molecular complexity index is 1250. The van der Waals surface area contributed by atoms with Gasteiger partial charge in [0.15, 0.2) is 0 Å². The third-order valence-electron chi connectivity index (χ3n) is 5.76. The first kappa shape index (κ1) is 21.2. The maximum Gasteiger partial charge on any atom is 0.301 e. The number of methoxy groups -OCH3 is 1. The van der Waals surface area contributed by atoms with E-state index in [0.717, 1.165) is 40.8 Å². The zero-order valence-electron chi connectivity index (χ0n) is 17.8. The maximum atomic E-state index is 12.6. The van der Waals surface area contributed by atoms with Crippen molar-refractivity contribution in [2.24, 2.45) is 0 Å². The van der Waals surface area contributed by atoms with E-state index < -0.39 is 10.2 Å². The smallest absolute Gasteiger partial charge is 0.301 e. The zero-order valence-corrected chi connectivity index (χ0v) is 18.6. The molecule has 31 heavy (non-hydrogen) atoms. The van der Waals surface area contributed by atoms with Crippen LogP contribution in [0.1, 0.15) is 36.6 Å². The molecule has 1 aromatic heterocycles. The molecule has 0 aliphatic carbocycles. The minimum Gasteiger partial charge on any atom is -0.497 e. The number of nitrogens with one attached hydrogen (secondary N) is 1. The van der Waals surface area contributed by atoms with Gasteiger partial charge in [-0.05, 0) is 49.6 Å². The second-order valence-corrected chi connectivity index (χ2v) is 9.32. The fourth-order valence-corrected chi connectivity index (χ4v) is 5.55. The van der Waals surface area contributed by atoms with E-state index in [1.807, 2.05) is 43.3 Å². The van der Waals surface area contributed by atoms with Crippen LogP contribution in [-0.4, -0.2) is 37.5 Å². The van der Waals surface area contributed by atoms with Gasteiger partial charge in [-0.2, -0.15) is 18.0 Å². The summed E-state index contributed by atoms with van der Waals surface area (Å²) in [4.78, 5) is 0. The standard InChI is InChI=1S/C23H26N4O3S/c1-3-27-22(21(16-24)20-10-9-19(30-2)15-23(20)27)14-17-7-6-8-18(13-17)25-31(28,29)26-11-4-5-12-26/h6-10,13,15,25H,3-5,11-12,14H2,1-2H3. The van der Waals surface area contributed by atoms with E-state index in [0.29, 0.717) is 37.3 Å². The number of ether oxygens (including phenoxy) is 1. The Morgan fingerprint density at radius 3 is 2.61 bits per heavy atom. The van der Waals surface area contributed by atoms with Crippen LogP contribution in [0.25, 0.3) is 10.9 Å². The fraction of sp³-hybridized carbons (Fsp3) is 0.348. The lowest BCUT2D eigenvalue weighted by Gasteiger charge is -2.17. The summed E-state index contributed by atoms with van der Waals surface area (Å²) in [7, 11) is -1.92. The molecule has 0 unspecified atom stereocenters. The molecule has 8 heteroatoms. The largest absolute Gasteiger partial charge is 0.497 e. The lowest BCUT2D eigenvalue weighted by Crippen LogP contribution is -2.33. The highest BCUT2D eigenvalue weighted by molar-refractivity contribution is 7.90. The van der Waals surface area contributed by atoms with E-state index in [9.17, 15) is 13.7 Å². The van der Waals surface area contributed by atoms with Gasteiger partial charge < -0.3 is 9.30 Å². The van der Waals surface area contributed by atoms with Crippen LogP contribution in [0.3, 0.4) is 0 Å². The molecule has 4 rings (SSSR count). The molecule has 0 radical (unpaired) electrons. The third-order valence-corrected chi connectivity index (χ3v) is 7.30. The molecule has 1 aliphatic heterocycles. The predicted molar refractivity (Wildman–Crippen MR) is 121 cm³/mol. The Morgan fingerprint density at radius 2 is 1.94 bits per heavy atom. The van der Waals surface area contributed by atoms with Crippen molar-refractivity contribution in [2.75, 3.05) is 24.9 Å². The summed E-state index contributed by atoms with van der Waals surface area (Å²) in [6.45, 7) is 3.87. The number of aryl methyl sites for hydroxylation is 1. The molecule has 0 saturated carbocycles. The summed E-state index contributed by atoms with van der Waals surface area (Å²) >= 11 is 0. The van der Waals surface area contributed by atoms with Gasteiger partial charge in [0.25, 0.3) is 0 Å². The number of fused-ring (bicyclic) bond motifs is 1. The van der Waals surface area contributed by atoms with Gasteiger partial charge in [0.1, 0.15) is 11.8 Å². The zero-order chi connectivity index (χ0) is 22.0. The SMILES string of the molecule is CCn1c(Cc2cccc(NS(=O)(=O)N3CCCC3)c2)c(C#N)c2ccc(OC)cc21. The number of nitriles is 1. The highest BCUT2D eigenvalue weighted by atomic mass is 32.2. The number of anilines is 1.